The zero-order valence-electron chi connectivity index (χ0n) is 13.8. The standard InChI is InChI=1S/C18H33N/c1-7-17(5,8-2)13-16(15-11-12-19-14-15)18(6,9-3)10-4/h11-12,14,16,19H,7-10,13H2,1-6H3. The molecule has 0 spiro atoms. The Morgan fingerprint density at radius 2 is 1.58 bits per heavy atom. The molecule has 0 radical (unpaired) electrons. The molecular weight excluding hydrogens is 230 g/mol. The Morgan fingerprint density at radius 1 is 1.00 bits per heavy atom. The lowest BCUT2D eigenvalue weighted by molar-refractivity contribution is 0.150. The largest absolute Gasteiger partial charge is 0.367 e. The number of aromatic nitrogens is 1. The van der Waals surface area contributed by atoms with Gasteiger partial charge in [-0.15, -0.1) is 0 Å². The minimum atomic E-state index is 0.411. The molecule has 1 heterocycles. The van der Waals surface area contributed by atoms with E-state index in [-0.39, 0.29) is 0 Å². The lowest BCUT2D eigenvalue weighted by Gasteiger charge is -2.41. The molecule has 1 aromatic rings. The Kier molecular flexibility index (Phi) is 5.70. The number of nitrogens with one attached hydrogen (secondary N) is 1. The van der Waals surface area contributed by atoms with Gasteiger partial charge in [0, 0.05) is 12.4 Å². The van der Waals surface area contributed by atoms with Gasteiger partial charge in [-0.2, -0.15) is 0 Å². The highest BCUT2D eigenvalue weighted by Crippen LogP contribution is 2.49. The fourth-order valence-electron chi connectivity index (χ4n) is 3.09. The van der Waals surface area contributed by atoms with Gasteiger partial charge >= 0.3 is 0 Å². The zero-order chi connectivity index (χ0) is 14.5. The van der Waals surface area contributed by atoms with Crippen LogP contribution in [-0.2, 0) is 0 Å². The number of hydrogen-bond donors (Lipinski definition) is 1. The molecule has 110 valence electrons. The maximum Gasteiger partial charge on any atom is 0.00403 e. The van der Waals surface area contributed by atoms with Crippen molar-refractivity contribution < 1.29 is 0 Å². The molecule has 0 fully saturated rings. The van der Waals surface area contributed by atoms with E-state index in [9.17, 15) is 0 Å². The molecule has 0 amide bonds. The highest BCUT2D eigenvalue weighted by Gasteiger charge is 2.36. The first-order valence-corrected chi connectivity index (χ1v) is 8.07. The van der Waals surface area contributed by atoms with Crippen molar-refractivity contribution in [3.63, 3.8) is 0 Å². The molecule has 1 N–H and O–H groups in total. The van der Waals surface area contributed by atoms with E-state index in [2.05, 4.69) is 65.0 Å². The molecule has 0 aliphatic carbocycles. The van der Waals surface area contributed by atoms with Gasteiger partial charge < -0.3 is 4.98 Å². The third-order valence-electron chi connectivity index (χ3n) is 5.89. The smallest absolute Gasteiger partial charge is 0.00403 e. The Balaban J connectivity index is 3.07. The Morgan fingerprint density at radius 3 is 1.95 bits per heavy atom. The van der Waals surface area contributed by atoms with Crippen molar-refractivity contribution in [2.45, 2.75) is 79.6 Å². The fraction of sp³-hybridized carbons (Fsp3) is 0.778. The molecule has 19 heavy (non-hydrogen) atoms. The predicted octanol–water partition coefficient (Wildman–Crippen LogP) is 6.14. The van der Waals surface area contributed by atoms with Crippen LogP contribution in [0.4, 0.5) is 0 Å². The van der Waals surface area contributed by atoms with Gasteiger partial charge in [0.05, 0.1) is 0 Å². The number of hydrogen-bond acceptors (Lipinski definition) is 0. The van der Waals surface area contributed by atoms with Gasteiger partial charge in [0.1, 0.15) is 0 Å². The van der Waals surface area contributed by atoms with Crippen molar-refractivity contribution in [1.29, 1.82) is 0 Å². The van der Waals surface area contributed by atoms with E-state index < -0.39 is 0 Å². The van der Waals surface area contributed by atoms with Crippen LogP contribution in [0.3, 0.4) is 0 Å². The summed E-state index contributed by atoms with van der Waals surface area (Å²) in [5.41, 5.74) is 2.38. The summed E-state index contributed by atoms with van der Waals surface area (Å²) in [7, 11) is 0. The van der Waals surface area contributed by atoms with E-state index in [4.69, 9.17) is 0 Å². The van der Waals surface area contributed by atoms with Crippen LogP contribution in [0.15, 0.2) is 18.5 Å². The van der Waals surface area contributed by atoms with Crippen molar-refractivity contribution >= 4 is 0 Å². The summed E-state index contributed by atoms with van der Waals surface area (Å²) in [4.78, 5) is 3.25. The Hall–Kier alpha value is -0.720. The Labute approximate surface area is 120 Å². The highest BCUT2D eigenvalue weighted by molar-refractivity contribution is 5.19. The van der Waals surface area contributed by atoms with E-state index in [0.29, 0.717) is 16.7 Å². The molecular formula is C18H33N. The minimum absolute atomic E-state index is 0.411. The third-order valence-corrected chi connectivity index (χ3v) is 5.89. The average Bonchev–Trinajstić information content (AvgIpc) is 2.97. The van der Waals surface area contributed by atoms with E-state index in [1.165, 1.54) is 37.7 Å². The highest BCUT2D eigenvalue weighted by atomic mass is 14.6. The summed E-state index contributed by atoms with van der Waals surface area (Å²) >= 11 is 0. The molecule has 1 atom stereocenters. The molecule has 0 aliphatic rings. The van der Waals surface area contributed by atoms with Crippen molar-refractivity contribution in [3.05, 3.63) is 24.0 Å². The van der Waals surface area contributed by atoms with Crippen LogP contribution in [0.1, 0.15) is 85.1 Å². The van der Waals surface area contributed by atoms with Gasteiger partial charge in [-0.25, -0.2) is 0 Å². The first-order chi connectivity index (χ1) is 8.94. The number of aromatic amines is 1. The van der Waals surface area contributed by atoms with Crippen LogP contribution in [0.5, 0.6) is 0 Å². The van der Waals surface area contributed by atoms with Crippen molar-refractivity contribution in [2.75, 3.05) is 0 Å². The van der Waals surface area contributed by atoms with E-state index >= 15 is 0 Å². The lowest BCUT2D eigenvalue weighted by Crippen LogP contribution is -2.29. The summed E-state index contributed by atoms with van der Waals surface area (Å²) in [6.07, 6.45) is 10.6. The minimum Gasteiger partial charge on any atom is -0.367 e. The van der Waals surface area contributed by atoms with Crippen LogP contribution >= 0.6 is 0 Å². The van der Waals surface area contributed by atoms with Crippen molar-refractivity contribution in [3.8, 4) is 0 Å². The topological polar surface area (TPSA) is 15.8 Å². The average molecular weight is 263 g/mol. The maximum atomic E-state index is 3.25. The van der Waals surface area contributed by atoms with Crippen LogP contribution in [0.25, 0.3) is 0 Å². The predicted molar refractivity (Wildman–Crippen MR) is 85.5 cm³/mol. The quantitative estimate of drug-likeness (QED) is 0.579. The summed E-state index contributed by atoms with van der Waals surface area (Å²) in [6.45, 7) is 14.3. The second-order valence-corrected chi connectivity index (χ2v) is 6.78. The van der Waals surface area contributed by atoms with Crippen LogP contribution in [-0.4, -0.2) is 4.98 Å². The maximum absolute atomic E-state index is 3.25. The van der Waals surface area contributed by atoms with E-state index in [0.717, 1.165) is 0 Å². The van der Waals surface area contributed by atoms with Gasteiger partial charge in [0.2, 0.25) is 0 Å². The van der Waals surface area contributed by atoms with Gasteiger partial charge in [-0.1, -0.05) is 67.2 Å². The SMILES string of the molecule is CCC(C)(CC)CC(c1cc[nH]c1)C(C)(CC)CC. The van der Waals surface area contributed by atoms with Gasteiger partial charge in [-0.3, -0.25) is 0 Å². The van der Waals surface area contributed by atoms with Gasteiger partial charge in [0.25, 0.3) is 0 Å². The lowest BCUT2D eigenvalue weighted by atomic mass is 9.63. The fourth-order valence-corrected chi connectivity index (χ4v) is 3.09. The molecule has 0 bridgehead atoms. The van der Waals surface area contributed by atoms with Gasteiger partial charge in [0.15, 0.2) is 0 Å². The molecule has 0 saturated heterocycles. The molecule has 0 saturated carbocycles. The monoisotopic (exact) mass is 263 g/mol. The second kappa shape index (κ2) is 6.63. The molecule has 1 nitrogen and oxygen atoms in total. The molecule has 1 aromatic heterocycles. The number of H-pyrrole nitrogens is 1. The Bertz CT molecular complexity index is 342. The van der Waals surface area contributed by atoms with Crippen LogP contribution in [0.2, 0.25) is 0 Å². The molecule has 1 rings (SSSR count). The van der Waals surface area contributed by atoms with Crippen molar-refractivity contribution in [2.24, 2.45) is 10.8 Å². The molecule has 0 aliphatic heterocycles. The van der Waals surface area contributed by atoms with Crippen molar-refractivity contribution in [1.82, 2.24) is 4.98 Å². The summed E-state index contributed by atoms with van der Waals surface area (Å²) in [5, 5.41) is 0. The van der Waals surface area contributed by atoms with E-state index in [1.54, 1.807) is 0 Å². The first kappa shape index (κ1) is 16.3. The van der Waals surface area contributed by atoms with Crippen LogP contribution < -0.4 is 0 Å². The van der Waals surface area contributed by atoms with E-state index in [1.807, 2.05) is 0 Å². The summed E-state index contributed by atoms with van der Waals surface area (Å²) in [6, 6.07) is 2.28. The normalized spacial score (nSPS) is 14.6. The molecule has 1 unspecified atom stereocenters. The summed E-state index contributed by atoms with van der Waals surface area (Å²) in [5.74, 6) is 0.665. The molecule has 0 aromatic carbocycles. The summed E-state index contributed by atoms with van der Waals surface area (Å²) < 4.78 is 0. The zero-order valence-corrected chi connectivity index (χ0v) is 13.8. The second-order valence-electron chi connectivity index (χ2n) is 6.78. The third kappa shape index (κ3) is 3.64. The van der Waals surface area contributed by atoms with Crippen LogP contribution in [0, 0.1) is 10.8 Å². The molecule has 1 heteroatoms. The first-order valence-electron chi connectivity index (χ1n) is 8.07. The number of rotatable bonds is 8. The van der Waals surface area contributed by atoms with Gasteiger partial charge in [-0.05, 0) is 34.8 Å².